The van der Waals surface area contributed by atoms with Crippen LogP contribution >= 0.6 is 0 Å². The quantitative estimate of drug-likeness (QED) is 0.553. The highest BCUT2D eigenvalue weighted by atomic mass is 16.5. The second-order valence-electron chi connectivity index (χ2n) is 6.78. The zero-order valence-electron chi connectivity index (χ0n) is 15.7. The van der Waals surface area contributed by atoms with E-state index in [1.165, 1.54) is 19.3 Å². The van der Waals surface area contributed by atoms with Crippen molar-refractivity contribution in [3.05, 3.63) is 29.3 Å². The van der Waals surface area contributed by atoms with E-state index in [9.17, 15) is 9.59 Å². The largest absolute Gasteiger partial charge is 0.496 e. The number of carbonyl (C=O) groups excluding carboxylic acids is 2. The summed E-state index contributed by atoms with van der Waals surface area (Å²) in [7, 11) is 1.62. The van der Waals surface area contributed by atoms with Gasteiger partial charge in [0.25, 0.3) is 0 Å². The van der Waals surface area contributed by atoms with Crippen LogP contribution in [0.5, 0.6) is 5.75 Å². The maximum atomic E-state index is 11.9. The fraction of sp³-hybridized carbons (Fsp3) is 0.550. The first-order chi connectivity index (χ1) is 12.6. The van der Waals surface area contributed by atoms with Crippen molar-refractivity contribution < 1.29 is 14.3 Å². The Labute approximate surface area is 155 Å². The first-order valence-electron chi connectivity index (χ1n) is 9.34. The molecule has 2 N–H and O–H groups in total. The summed E-state index contributed by atoms with van der Waals surface area (Å²) >= 11 is 0. The lowest BCUT2D eigenvalue weighted by Gasteiger charge is -2.22. The molecular formula is C20H29N3O3. The van der Waals surface area contributed by atoms with Crippen molar-refractivity contribution in [2.45, 2.75) is 64.3 Å². The summed E-state index contributed by atoms with van der Waals surface area (Å²) in [6.45, 7) is 1.96. The molecule has 0 heterocycles. The third-order valence-electron chi connectivity index (χ3n) is 4.61. The number of carbonyl (C=O) groups is 2. The van der Waals surface area contributed by atoms with E-state index in [-0.39, 0.29) is 18.2 Å². The molecule has 1 aromatic carbocycles. The van der Waals surface area contributed by atoms with Crippen LogP contribution in [0.4, 0.5) is 0 Å². The average Bonchev–Trinajstić information content (AvgIpc) is 2.64. The Hall–Kier alpha value is -2.37. The van der Waals surface area contributed by atoms with Crippen molar-refractivity contribution in [1.82, 2.24) is 10.7 Å². The average molecular weight is 359 g/mol. The minimum absolute atomic E-state index is 0.0416. The maximum absolute atomic E-state index is 11.9. The highest BCUT2D eigenvalue weighted by Gasteiger charge is 2.15. The van der Waals surface area contributed by atoms with Crippen LogP contribution in [0.15, 0.2) is 23.3 Å². The predicted octanol–water partition coefficient (Wildman–Crippen LogP) is 3.07. The Morgan fingerprint density at radius 1 is 1.19 bits per heavy atom. The van der Waals surface area contributed by atoms with Crippen molar-refractivity contribution in [2.24, 2.45) is 5.10 Å². The third kappa shape index (κ3) is 6.86. The standard InChI is InChI=1S/C20H29N3O3/c1-15-11-12-16(13-18(15)26-2)14-21-23-20(25)10-6-9-19(24)22-17-7-4-3-5-8-17/h11-14,17H,3-10H2,1-2H3,(H,22,24)(H,23,25)/b21-14-. The van der Waals surface area contributed by atoms with Gasteiger partial charge in [-0.05, 0) is 43.4 Å². The van der Waals surface area contributed by atoms with Crippen LogP contribution in [-0.4, -0.2) is 31.2 Å². The van der Waals surface area contributed by atoms with Crippen LogP contribution in [0, 0.1) is 6.92 Å². The van der Waals surface area contributed by atoms with Crippen molar-refractivity contribution in [3.63, 3.8) is 0 Å². The minimum Gasteiger partial charge on any atom is -0.496 e. The first-order valence-corrected chi connectivity index (χ1v) is 9.34. The van der Waals surface area contributed by atoms with Gasteiger partial charge in [-0.15, -0.1) is 0 Å². The predicted molar refractivity (Wildman–Crippen MR) is 102 cm³/mol. The fourth-order valence-electron chi connectivity index (χ4n) is 3.11. The van der Waals surface area contributed by atoms with Gasteiger partial charge in [0.05, 0.1) is 13.3 Å². The van der Waals surface area contributed by atoms with E-state index in [0.29, 0.717) is 18.9 Å². The summed E-state index contributed by atoms with van der Waals surface area (Å²) < 4.78 is 5.26. The van der Waals surface area contributed by atoms with Gasteiger partial charge in [-0.1, -0.05) is 31.4 Å². The van der Waals surface area contributed by atoms with E-state index in [4.69, 9.17) is 4.74 Å². The molecule has 1 aromatic rings. The molecule has 26 heavy (non-hydrogen) atoms. The van der Waals surface area contributed by atoms with Crippen LogP contribution in [-0.2, 0) is 9.59 Å². The molecule has 0 aromatic heterocycles. The Balaban J connectivity index is 1.64. The number of hydrogen-bond acceptors (Lipinski definition) is 4. The number of amides is 2. The van der Waals surface area contributed by atoms with Gasteiger partial charge in [-0.3, -0.25) is 9.59 Å². The van der Waals surface area contributed by atoms with Gasteiger partial charge in [-0.2, -0.15) is 5.10 Å². The molecule has 0 radical (unpaired) electrons. The van der Waals surface area contributed by atoms with Gasteiger partial charge in [0.15, 0.2) is 0 Å². The number of hydrogen-bond donors (Lipinski definition) is 2. The molecule has 2 rings (SSSR count). The van der Waals surface area contributed by atoms with Crippen molar-refractivity contribution in [1.29, 1.82) is 0 Å². The van der Waals surface area contributed by atoms with E-state index in [1.54, 1.807) is 13.3 Å². The van der Waals surface area contributed by atoms with Crippen LogP contribution in [0.1, 0.15) is 62.5 Å². The summed E-state index contributed by atoms with van der Waals surface area (Å²) in [6.07, 6.45) is 8.57. The molecule has 0 spiro atoms. The summed E-state index contributed by atoms with van der Waals surface area (Å²) in [6, 6.07) is 6.03. The molecule has 142 valence electrons. The molecule has 0 aliphatic heterocycles. The number of aryl methyl sites for hydroxylation is 1. The molecule has 6 nitrogen and oxygen atoms in total. The van der Waals surface area contributed by atoms with Gasteiger partial charge in [0.2, 0.25) is 11.8 Å². The number of hydrazone groups is 1. The number of methoxy groups -OCH3 is 1. The Morgan fingerprint density at radius 3 is 2.65 bits per heavy atom. The lowest BCUT2D eigenvalue weighted by atomic mass is 9.95. The van der Waals surface area contributed by atoms with Crippen LogP contribution in [0.3, 0.4) is 0 Å². The number of nitrogens with one attached hydrogen (secondary N) is 2. The Bertz CT molecular complexity index is 637. The summed E-state index contributed by atoms with van der Waals surface area (Å²) in [4.78, 5) is 23.7. The number of rotatable bonds is 8. The molecule has 0 bridgehead atoms. The SMILES string of the molecule is COc1cc(/C=N\NC(=O)CCCC(=O)NC2CCCCC2)ccc1C. The maximum Gasteiger partial charge on any atom is 0.240 e. The van der Waals surface area contributed by atoms with E-state index >= 15 is 0 Å². The lowest BCUT2D eigenvalue weighted by Crippen LogP contribution is -2.36. The number of nitrogens with zero attached hydrogens (tertiary/aromatic N) is 1. The van der Waals surface area contributed by atoms with E-state index in [1.807, 2.05) is 25.1 Å². The zero-order valence-corrected chi connectivity index (χ0v) is 15.7. The zero-order chi connectivity index (χ0) is 18.8. The molecular weight excluding hydrogens is 330 g/mol. The Kier molecular flexibility index (Phi) is 8.12. The highest BCUT2D eigenvalue weighted by molar-refractivity contribution is 5.83. The van der Waals surface area contributed by atoms with Crippen molar-refractivity contribution in [3.8, 4) is 5.75 Å². The highest BCUT2D eigenvalue weighted by Crippen LogP contribution is 2.18. The van der Waals surface area contributed by atoms with Crippen molar-refractivity contribution in [2.75, 3.05) is 7.11 Å². The monoisotopic (exact) mass is 359 g/mol. The normalized spacial score (nSPS) is 15.0. The van der Waals surface area contributed by atoms with Crippen LogP contribution in [0.2, 0.25) is 0 Å². The lowest BCUT2D eigenvalue weighted by molar-refractivity contribution is -0.123. The molecule has 0 unspecified atom stereocenters. The molecule has 0 atom stereocenters. The fourth-order valence-corrected chi connectivity index (χ4v) is 3.11. The molecule has 0 saturated heterocycles. The summed E-state index contributed by atoms with van der Waals surface area (Å²) in [5.74, 6) is 0.634. The summed E-state index contributed by atoms with van der Waals surface area (Å²) in [5, 5.41) is 7.02. The number of ether oxygens (including phenoxy) is 1. The van der Waals surface area contributed by atoms with Gasteiger partial charge < -0.3 is 10.1 Å². The van der Waals surface area contributed by atoms with Gasteiger partial charge in [0.1, 0.15) is 5.75 Å². The second-order valence-corrected chi connectivity index (χ2v) is 6.78. The Morgan fingerprint density at radius 2 is 1.92 bits per heavy atom. The number of benzene rings is 1. The summed E-state index contributed by atoms with van der Waals surface area (Å²) in [5.41, 5.74) is 4.39. The van der Waals surface area contributed by atoms with Gasteiger partial charge >= 0.3 is 0 Å². The van der Waals surface area contributed by atoms with E-state index in [2.05, 4.69) is 15.8 Å². The molecule has 6 heteroatoms. The molecule has 1 fully saturated rings. The van der Waals surface area contributed by atoms with Gasteiger partial charge in [0, 0.05) is 18.9 Å². The molecule has 1 aliphatic rings. The van der Waals surface area contributed by atoms with Crippen LogP contribution in [0.25, 0.3) is 0 Å². The topological polar surface area (TPSA) is 79.8 Å². The third-order valence-corrected chi connectivity index (χ3v) is 4.61. The van der Waals surface area contributed by atoms with E-state index < -0.39 is 0 Å². The van der Waals surface area contributed by atoms with E-state index in [0.717, 1.165) is 29.7 Å². The second kappa shape index (κ2) is 10.6. The minimum atomic E-state index is -0.189. The smallest absolute Gasteiger partial charge is 0.240 e. The van der Waals surface area contributed by atoms with Gasteiger partial charge in [-0.25, -0.2) is 5.43 Å². The van der Waals surface area contributed by atoms with Crippen molar-refractivity contribution >= 4 is 18.0 Å². The molecule has 2 amide bonds. The molecule has 1 saturated carbocycles. The van der Waals surface area contributed by atoms with Crippen LogP contribution < -0.4 is 15.5 Å². The molecule has 1 aliphatic carbocycles. The first kappa shape index (κ1) is 19.9.